The lowest BCUT2D eigenvalue weighted by Crippen LogP contribution is -2.45. The molecule has 1 unspecified atom stereocenters. The van der Waals surface area contributed by atoms with Crippen LogP contribution in [0.2, 0.25) is 0 Å². The minimum absolute atomic E-state index is 0. The normalized spacial score (nSPS) is 24.9. The van der Waals surface area contributed by atoms with Gasteiger partial charge in [0.05, 0.1) is 6.54 Å². The van der Waals surface area contributed by atoms with Crippen LogP contribution in [0.15, 0.2) is 0 Å². The molecule has 1 saturated carbocycles. The molecule has 2 aliphatic rings. The van der Waals surface area contributed by atoms with E-state index in [1.165, 1.54) is 44.9 Å². The first-order valence-corrected chi connectivity index (χ1v) is 7.99. The van der Waals surface area contributed by atoms with Gasteiger partial charge in [-0.25, -0.2) is 0 Å². The van der Waals surface area contributed by atoms with Crippen molar-refractivity contribution in [1.29, 1.82) is 0 Å². The van der Waals surface area contributed by atoms with Crippen molar-refractivity contribution in [3.8, 4) is 0 Å². The van der Waals surface area contributed by atoms with Gasteiger partial charge in [-0.15, -0.1) is 12.4 Å². The third-order valence-electron chi connectivity index (χ3n) is 4.52. The number of hydrogen-bond acceptors (Lipinski definition) is 3. The van der Waals surface area contributed by atoms with E-state index >= 15 is 0 Å². The van der Waals surface area contributed by atoms with Crippen LogP contribution in [0.25, 0.3) is 0 Å². The Morgan fingerprint density at radius 3 is 2.60 bits per heavy atom. The summed E-state index contributed by atoms with van der Waals surface area (Å²) in [6, 6.07) is 0.436. The van der Waals surface area contributed by atoms with Gasteiger partial charge < -0.3 is 11.1 Å². The predicted octanol–water partition coefficient (Wildman–Crippen LogP) is 1.92. The number of nitrogens with one attached hydrogen (secondary N) is 1. The molecule has 0 aromatic rings. The smallest absolute Gasteiger partial charge is 0.234 e. The van der Waals surface area contributed by atoms with Gasteiger partial charge in [0.25, 0.3) is 0 Å². The van der Waals surface area contributed by atoms with Gasteiger partial charge in [0, 0.05) is 12.6 Å². The summed E-state index contributed by atoms with van der Waals surface area (Å²) in [6.45, 7) is 3.47. The molecule has 5 heteroatoms. The third kappa shape index (κ3) is 5.98. The first kappa shape index (κ1) is 17.7. The zero-order chi connectivity index (χ0) is 13.5. The number of rotatable bonds is 5. The Morgan fingerprint density at radius 2 is 1.90 bits per heavy atom. The molecule has 1 aliphatic heterocycles. The molecule has 0 aromatic heterocycles. The Morgan fingerprint density at radius 1 is 1.15 bits per heavy atom. The molecule has 118 valence electrons. The summed E-state index contributed by atoms with van der Waals surface area (Å²) < 4.78 is 0. The predicted molar refractivity (Wildman–Crippen MR) is 85.1 cm³/mol. The largest absolute Gasteiger partial charge is 0.352 e. The number of halogens is 1. The van der Waals surface area contributed by atoms with Crippen LogP contribution >= 0.6 is 12.4 Å². The maximum atomic E-state index is 12.1. The molecule has 0 spiro atoms. The lowest BCUT2D eigenvalue weighted by atomic mass is 9.94. The standard InChI is InChI=1S/C15H29N3O.ClH/c16-9-8-13-5-4-10-18(11-13)12-15(19)17-14-6-2-1-3-7-14;/h13-14H,1-12,16H2,(H,17,19);1H. The van der Waals surface area contributed by atoms with Crippen LogP contribution in [0.1, 0.15) is 51.4 Å². The lowest BCUT2D eigenvalue weighted by molar-refractivity contribution is -0.123. The van der Waals surface area contributed by atoms with Gasteiger partial charge in [-0.2, -0.15) is 0 Å². The molecule has 2 fully saturated rings. The Kier molecular flexibility index (Phi) is 8.50. The summed E-state index contributed by atoms with van der Waals surface area (Å²) in [6.07, 6.45) is 9.79. The zero-order valence-electron chi connectivity index (χ0n) is 12.5. The Labute approximate surface area is 129 Å². The molecular weight excluding hydrogens is 274 g/mol. The molecule has 1 amide bonds. The molecule has 1 atom stereocenters. The maximum absolute atomic E-state index is 12.1. The van der Waals surface area contributed by atoms with Crippen molar-refractivity contribution in [3.05, 3.63) is 0 Å². The van der Waals surface area contributed by atoms with Gasteiger partial charge in [0.2, 0.25) is 5.91 Å². The molecular formula is C15H30ClN3O. The van der Waals surface area contributed by atoms with Gasteiger partial charge in [-0.05, 0) is 51.1 Å². The molecule has 0 aromatic carbocycles. The average molecular weight is 304 g/mol. The second-order valence-corrected chi connectivity index (χ2v) is 6.22. The maximum Gasteiger partial charge on any atom is 0.234 e. The first-order valence-electron chi connectivity index (χ1n) is 7.99. The monoisotopic (exact) mass is 303 g/mol. The Balaban J connectivity index is 0.00000200. The van der Waals surface area contributed by atoms with E-state index in [-0.39, 0.29) is 18.3 Å². The SMILES string of the molecule is Cl.NCCC1CCCN(CC(=O)NC2CCCCC2)C1. The van der Waals surface area contributed by atoms with Crippen molar-refractivity contribution in [2.75, 3.05) is 26.2 Å². The summed E-state index contributed by atoms with van der Waals surface area (Å²) >= 11 is 0. The third-order valence-corrected chi connectivity index (χ3v) is 4.52. The summed E-state index contributed by atoms with van der Waals surface area (Å²) in [5.41, 5.74) is 5.63. The van der Waals surface area contributed by atoms with Crippen molar-refractivity contribution in [2.24, 2.45) is 11.7 Å². The fourth-order valence-corrected chi connectivity index (χ4v) is 3.49. The molecule has 1 heterocycles. The summed E-state index contributed by atoms with van der Waals surface area (Å²) in [4.78, 5) is 14.4. The highest BCUT2D eigenvalue weighted by Crippen LogP contribution is 2.19. The number of piperidine rings is 1. The topological polar surface area (TPSA) is 58.4 Å². The second kappa shape index (κ2) is 9.59. The number of hydrogen-bond donors (Lipinski definition) is 2. The van der Waals surface area contributed by atoms with Crippen molar-refractivity contribution >= 4 is 18.3 Å². The van der Waals surface area contributed by atoms with E-state index in [0.29, 0.717) is 18.5 Å². The van der Waals surface area contributed by atoms with Crippen molar-refractivity contribution < 1.29 is 4.79 Å². The zero-order valence-corrected chi connectivity index (χ0v) is 13.3. The molecule has 4 nitrogen and oxygen atoms in total. The average Bonchev–Trinajstić information content (AvgIpc) is 2.40. The fraction of sp³-hybridized carbons (Fsp3) is 0.933. The summed E-state index contributed by atoms with van der Waals surface area (Å²) in [5, 5.41) is 3.21. The number of nitrogens with two attached hydrogens (primary N) is 1. The lowest BCUT2D eigenvalue weighted by Gasteiger charge is -2.32. The van der Waals surface area contributed by atoms with Gasteiger partial charge in [-0.3, -0.25) is 9.69 Å². The molecule has 0 radical (unpaired) electrons. The van der Waals surface area contributed by atoms with Crippen LogP contribution in [-0.2, 0) is 4.79 Å². The second-order valence-electron chi connectivity index (χ2n) is 6.22. The minimum Gasteiger partial charge on any atom is -0.352 e. The first-order chi connectivity index (χ1) is 9.28. The number of likely N-dealkylation sites (tertiary alicyclic amines) is 1. The van der Waals surface area contributed by atoms with Gasteiger partial charge in [-0.1, -0.05) is 19.3 Å². The molecule has 1 saturated heterocycles. The molecule has 0 bridgehead atoms. The van der Waals surface area contributed by atoms with E-state index in [9.17, 15) is 4.79 Å². The fourth-order valence-electron chi connectivity index (χ4n) is 3.49. The van der Waals surface area contributed by atoms with Gasteiger partial charge >= 0.3 is 0 Å². The molecule has 2 rings (SSSR count). The van der Waals surface area contributed by atoms with E-state index in [2.05, 4.69) is 10.2 Å². The van der Waals surface area contributed by atoms with Crippen LogP contribution in [0.3, 0.4) is 0 Å². The van der Waals surface area contributed by atoms with Crippen LogP contribution < -0.4 is 11.1 Å². The van der Waals surface area contributed by atoms with Crippen LogP contribution in [0, 0.1) is 5.92 Å². The van der Waals surface area contributed by atoms with E-state index in [4.69, 9.17) is 5.73 Å². The highest BCUT2D eigenvalue weighted by atomic mass is 35.5. The Bertz CT molecular complexity index is 280. The molecule has 20 heavy (non-hydrogen) atoms. The van der Waals surface area contributed by atoms with Crippen molar-refractivity contribution in [3.63, 3.8) is 0 Å². The van der Waals surface area contributed by atoms with Gasteiger partial charge in [0.1, 0.15) is 0 Å². The highest BCUT2D eigenvalue weighted by molar-refractivity contribution is 5.85. The summed E-state index contributed by atoms with van der Waals surface area (Å²) in [7, 11) is 0. The molecule has 3 N–H and O–H groups in total. The van der Waals surface area contributed by atoms with Crippen LogP contribution in [0.4, 0.5) is 0 Å². The Hall–Kier alpha value is -0.320. The van der Waals surface area contributed by atoms with E-state index in [1.807, 2.05) is 0 Å². The van der Waals surface area contributed by atoms with Crippen LogP contribution in [0.5, 0.6) is 0 Å². The number of carbonyl (C=O) groups is 1. The van der Waals surface area contributed by atoms with Crippen molar-refractivity contribution in [1.82, 2.24) is 10.2 Å². The van der Waals surface area contributed by atoms with E-state index in [1.54, 1.807) is 0 Å². The number of carbonyl (C=O) groups excluding carboxylic acids is 1. The highest BCUT2D eigenvalue weighted by Gasteiger charge is 2.22. The summed E-state index contributed by atoms with van der Waals surface area (Å²) in [5.74, 6) is 0.918. The van der Waals surface area contributed by atoms with Crippen LogP contribution in [-0.4, -0.2) is 43.0 Å². The quantitative estimate of drug-likeness (QED) is 0.816. The number of nitrogens with zero attached hydrogens (tertiary/aromatic N) is 1. The minimum atomic E-state index is 0. The van der Waals surface area contributed by atoms with Crippen molar-refractivity contribution in [2.45, 2.75) is 57.4 Å². The van der Waals surface area contributed by atoms with E-state index in [0.717, 1.165) is 26.1 Å². The molecule has 1 aliphatic carbocycles. The van der Waals surface area contributed by atoms with E-state index < -0.39 is 0 Å². The number of amides is 1. The van der Waals surface area contributed by atoms with Gasteiger partial charge in [0.15, 0.2) is 0 Å².